The van der Waals surface area contributed by atoms with Crippen LogP contribution in [0.25, 0.3) is 0 Å². The fraction of sp³-hybridized carbons (Fsp3) is 0.500. The molecule has 3 nitrogen and oxygen atoms in total. The molecule has 2 rings (SSSR count). The van der Waals surface area contributed by atoms with Crippen molar-refractivity contribution in [1.29, 1.82) is 0 Å². The maximum absolute atomic E-state index is 5.61. The van der Waals surface area contributed by atoms with E-state index in [2.05, 4.69) is 29.2 Å². The predicted molar refractivity (Wildman–Crippen MR) is 60.0 cm³/mol. The Morgan fingerprint density at radius 3 is 2.33 bits per heavy atom. The molecule has 0 amide bonds. The lowest BCUT2D eigenvalue weighted by Crippen LogP contribution is -2.08. The zero-order valence-electron chi connectivity index (χ0n) is 9.43. The molecular weight excluding hydrogens is 190 g/mol. The van der Waals surface area contributed by atoms with E-state index in [0.29, 0.717) is 6.61 Å². The molecule has 2 atom stereocenters. The molecule has 1 saturated heterocycles. The van der Waals surface area contributed by atoms with Gasteiger partial charge in [-0.3, -0.25) is 0 Å². The van der Waals surface area contributed by atoms with E-state index in [0.717, 1.165) is 5.56 Å². The Morgan fingerprint density at radius 1 is 1.20 bits per heavy atom. The average molecular weight is 207 g/mol. The van der Waals surface area contributed by atoms with Gasteiger partial charge in [-0.05, 0) is 19.1 Å². The summed E-state index contributed by atoms with van der Waals surface area (Å²) in [7, 11) is 4.05. The maximum Gasteiger partial charge on any atom is 0.184 e. The SMILES string of the molecule is C[C@H]1CO[C@@H](c2ccc(N(C)C)cc2)O1. The molecule has 1 aliphatic rings. The van der Waals surface area contributed by atoms with E-state index in [1.165, 1.54) is 5.69 Å². The van der Waals surface area contributed by atoms with Gasteiger partial charge in [-0.2, -0.15) is 0 Å². The summed E-state index contributed by atoms with van der Waals surface area (Å²) in [6.07, 6.45) is 0.0136. The summed E-state index contributed by atoms with van der Waals surface area (Å²) in [5, 5.41) is 0. The molecule has 1 aliphatic heterocycles. The highest BCUT2D eigenvalue weighted by atomic mass is 16.7. The van der Waals surface area contributed by atoms with Crippen LogP contribution in [0.5, 0.6) is 0 Å². The van der Waals surface area contributed by atoms with Gasteiger partial charge in [0.25, 0.3) is 0 Å². The van der Waals surface area contributed by atoms with E-state index in [4.69, 9.17) is 9.47 Å². The lowest BCUT2D eigenvalue weighted by Gasteiger charge is -2.14. The van der Waals surface area contributed by atoms with Crippen LogP contribution in [0.1, 0.15) is 18.8 Å². The first-order valence-corrected chi connectivity index (χ1v) is 5.21. The number of hydrogen-bond donors (Lipinski definition) is 0. The third-order valence-corrected chi connectivity index (χ3v) is 2.52. The van der Waals surface area contributed by atoms with E-state index < -0.39 is 0 Å². The zero-order chi connectivity index (χ0) is 10.8. The molecule has 0 aliphatic carbocycles. The van der Waals surface area contributed by atoms with Gasteiger partial charge in [-0.25, -0.2) is 0 Å². The third kappa shape index (κ3) is 2.30. The smallest absolute Gasteiger partial charge is 0.184 e. The molecule has 15 heavy (non-hydrogen) atoms. The van der Waals surface area contributed by atoms with Gasteiger partial charge in [0.1, 0.15) is 0 Å². The molecule has 82 valence electrons. The van der Waals surface area contributed by atoms with Crippen LogP contribution < -0.4 is 4.90 Å². The van der Waals surface area contributed by atoms with Crippen LogP contribution in [0.2, 0.25) is 0 Å². The lowest BCUT2D eigenvalue weighted by molar-refractivity contribution is -0.0571. The molecule has 0 aromatic heterocycles. The molecule has 1 aromatic rings. The first-order chi connectivity index (χ1) is 7.16. The highest BCUT2D eigenvalue weighted by Gasteiger charge is 2.23. The van der Waals surface area contributed by atoms with Crippen molar-refractivity contribution in [2.75, 3.05) is 25.6 Å². The minimum atomic E-state index is -0.184. The molecule has 1 heterocycles. The van der Waals surface area contributed by atoms with Crippen molar-refractivity contribution in [1.82, 2.24) is 0 Å². The Morgan fingerprint density at radius 2 is 1.87 bits per heavy atom. The Hall–Kier alpha value is -1.06. The quantitative estimate of drug-likeness (QED) is 0.742. The van der Waals surface area contributed by atoms with Crippen molar-refractivity contribution in [2.24, 2.45) is 0 Å². The Kier molecular flexibility index (Phi) is 2.93. The van der Waals surface area contributed by atoms with Crippen LogP contribution in [0.15, 0.2) is 24.3 Å². The van der Waals surface area contributed by atoms with Crippen molar-refractivity contribution < 1.29 is 9.47 Å². The summed E-state index contributed by atoms with van der Waals surface area (Å²) < 4.78 is 11.1. The largest absolute Gasteiger partial charge is 0.378 e. The predicted octanol–water partition coefficient (Wildman–Crippen LogP) is 2.19. The Balaban J connectivity index is 2.10. The number of benzene rings is 1. The molecule has 3 heteroatoms. The van der Waals surface area contributed by atoms with E-state index in [-0.39, 0.29) is 12.4 Å². The second kappa shape index (κ2) is 4.21. The monoisotopic (exact) mass is 207 g/mol. The summed E-state index contributed by atoms with van der Waals surface area (Å²) in [5.41, 5.74) is 2.27. The summed E-state index contributed by atoms with van der Waals surface area (Å²) in [6.45, 7) is 2.70. The van der Waals surface area contributed by atoms with Gasteiger partial charge >= 0.3 is 0 Å². The van der Waals surface area contributed by atoms with E-state index in [1.807, 2.05) is 21.0 Å². The van der Waals surface area contributed by atoms with Crippen LogP contribution >= 0.6 is 0 Å². The summed E-state index contributed by atoms with van der Waals surface area (Å²) in [5.74, 6) is 0. The van der Waals surface area contributed by atoms with Gasteiger partial charge in [0.2, 0.25) is 0 Å². The molecule has 0 radical (unpaired) electrons. The Bertz CT molecular complexity index is 321. The second-order valence-electron chi connectivity index (χ2n) is 4.10. The van der Waals surface area contributed by atoms with Crippen LogP contribution in [0.3, 0.4) is 0 Å². The normalized spacial score (nSPS) is 25.5. The topological polar surface area (TPSA) is 21.7 Å². The van der Waals surface area contributed by atoms with Crippen LogP contribution in [0, 0.1) is 0 Å². The second-order valence-corrected chi connectivity index (χ2v) is 4.10. The van der Waals surface area contributed by atoms with Gasteiger partial charge < -0.3 is 14.4 Å². The van der Waals surface area contributed by atoms with E-state index in [9.17, 15) is 0 Å². The number of anilines is 1. The highest BCUT2D eigenvalue weighted by molar-refractivity contribution is 5.46. The maximum atomic E-state index is 5.61. The van der Waals surface area contributed by atoms with Gasteiger partial charge in [0.15, 0.2) is 6.29 Å². The highest BCUT2D eigenvalue weighted by Crippen LogP contribution is 2.27. The summed E-state index contributed by atoms with van der Waals surface area (Å²) in [4.78, 5) is 2.07. The van der Waals surface area contributed by atoms with Gasteiger partial charge in [0.05, 0.1) is 12.7 Å². The van der Waals surface area contributed by atoms with Crippen LogP contribution in [0.4, 0.5) is 5.69 Å². The van der Waals surface area contributed by atoms with E-state index >= 15 is 0 Å². The Labute approximate surface area is 90.6 Å². The van der Waals surface area contributed by atoms with Gasteiger partial charge in [-0.15, -0.1) is 0 Å². The minimum absolute atomic E-state index is 0.184. The van der Waals surface area contributed by atoms with Crippen LogP contribution in [-0.2, 0) is 9.47 Å². The van der Waals surface area contributed by atoms with Crippen molar-refractivity contribution >= 4 is 5.69 Å². The van der Waals surface area contributed by atoms with Crippen molar-refractivity contribution in [3.8, 4) is 0 Å². The van der Waals surface area contributed by atoms with Crippen molar-refractivity contribution in [3.05, 3.63) is 29.8 Å². The first-order valence-electron chi connectivity index (χ1n) is 5.21. The van der Waals surface area contributed by atoms with Gasteiger partial charge in [-0.1, -0.05) is 12.1 Å². The number of rotatable bonds is 2. The number of ether oxygens (including phenoxy) is 2. The van der Waals surface area contributed by atoms with Gasteiger partial charge in [0, 0.05) is 25.3 Å². The minimum Gasteiger partial charge on any atom is -0.378 e. The molecule has 0 N–H and O–H groups in total. The molecule has 0 spiro atoms. The lowest BCUT2D eigenvalue weighted by atomic mass is 10.2. The molecule has 1 aromatic carbocycles. The number of hydrogen-bond acceptors (Lipinski definition) is 3. The zero-order valence-corrected chi connectivity index (χ0v) is 9.43. The molecular formula is C12H17NO2. The molecule has 0 saturated carbocycles. The first kappa shape index (κ1) is 10.5. The third-order valence-electron chi connectivity index (χ3n) is 2.52. The van der Waals surface area contributed by atoms with Crippen LogP contribution in [-0.4, -0.2) is 26.8 Å². The van der Waals surface area contributed by atoms with Crippen molar-refractivity contribution in [2.45, 2.75) is 19.3 Å². The summed E-state index contributed by atoms with van der Waals surface area (Å²) >= 11 is 0. The van der Waals surface area contributed by atoms with Crippen molar-refractivity contribution in [3.63, 3.8) is 0 Å². The number of nitrogens with zero attached hydrogens (tertiary/aromatic N) is 1. The molecule has 1 fully saturated rings. The average Bonchev–Trinajstić information content (AvgIpc) is 2.65. The summed E-state index contributed by atoms with van der Waals surface area (Å²) in [6, 6.07) is 8.26. The molecule has 0 bridgehead atoms. The van der Waals surface area contributed by atoms with E-state index in [1.54, 1.807) is 0 Å². The molecule has 0 unspecified atom stereocenters. The fourth-order valence-corrected chi connectivity index (χ4v) is 1.62. The fourth-order valence-electron chi connectivity index (χ4n) is 1.62. The standard InChI is InChI=1S/C12H17NO2/c1-9-8-14-12(15-9)10-4-6-11(7-5-10)13(2)3/h4-7,9,12H,8H2,1-3H3/t9-,12+/m0/s1.